The number of hydrogen-bond donors (Lipinski definition) is 1. The molecular formula is C13H12Cl2N2O3S. The molecule has 1 aromatic carbocycles. The number of halogens is 2. The van der Waals surface area contributed by atoms with Crippen LogP contribution in [-0.4, -0.2) is 20.5 Å². The van der Waals surface area contributed by atoms with E-state index in [1.165, 1.54) is 25.3 Å². The summed E-state index contributed by atoms with van der Waals surface area (Å²) in [4.78, 5) is 3.91. The molecule has 8 heteroatoms. The van der Waals surface area contributed by atoms with Gasteiger partial charge in [-0.05, 0) is 42.8 Å². The standard InChI is InChI=1S/C13H12Cl2N2O3S/c1-8-7-11(14)16-13(15)12(8)17-21(18,19)10-5-3-9(20-2)4-6-10/h3-7,17H,1-2H3. The highest BCUT2D eigenvalue weighted by Crippen LogP contribution is 2.29. The molecule has 0 saturated heterocycles. The Hall–Kier alpha value is -1.50. The first kappa shape index (κ1) is 15.9. The summed E-state index contributed by atoms with van der Waals surface area (Å²) < 4.78 is 32.0. The van der Waals surface area contributed by atoms with Crippen LogP contribution in [0.15, 0.2) is 35.2 Å². The number of aryl methyl sites for hydroxylation is 1. The monoisotopic (exact) mass is 346 g/mol. The van der Waals surface area contributed by atoms with Crippen LogP contribution in [0.2, 0.25) is 10.3 Å². The van der Waals surface area contributed by atoms with Gasteiger partial charge in [0.2, 0.25) is 0 Å². The predicted octanol–water partition coefficient (Wildman–Crippen LogP) is 3.51. The molecule has 0 aliphatic carbocycles. The molecule has 1 heterocycles. The van der Waals surface area contributed by atoms with Gasteiger partial charge < -0.3 is 4.74 Å². The maximum Gasteiger partial charge on any atom is 0.262 e. The molecule has 112 valence electrons. The lowest BCUT2D eigenvalue weighted by Gasteiger charge is -2.12. The van der Waals surface area contributed by atoms with E-state index in [1.807, 2.05) is 0 Å². The molecule has 0 saturated carbocycles. The zero-order valence-electron chi connectivity index (χ0n) is 11.2. The van der Waals surface area contributed by atoms with E-state index in [0.29, 0.717) is 11.3 Å². The first-order valence-corrected chi connectivity index (χ1v) is 8.07. The van der Waals surface area contributed by atoms with Crippen LogP contribution in [0.4, 0.5) is 5.69 Å². The number of nitrogens with one attached hydrogen (secondary N) is 1. The van der Waals surface area contributed by atoms with Crippen molar-refractivity contribution in [2.45, 2.75) is 11.8 Å². The minimum absolute atomic E-state index is 0.00270. The minimum atomic E-state index is -3.77. The van der Waals surface area contributed by atoms with E-state index in [1.54, 1.807) is 19.1 Å². The number of nitrogens with zero attached hydrogens (tertiary/aromatic N) is 1. The Bertz CT molecular complexity index is 738. The van der Waals surface area contributed by atoms with Crippen molar-refractivity contribution in [1.29, 1.82) is 0 Å². The SMILES string of the molecule is COc1ccc(S(=O)(=O)Nc2c(C)cc(Cl)nc2Cl)cc1. The van der Waals surface area contributed by atoms with E-state index in [0.717, 1.165) is 0 Å². The van der Waals surface area contributed by atoms with Gasteiger partial charge in [-0.1, -0.05) is 23.2 Å². The van der Waals surface area contributed by atoms with Crippen LogP contribution in [0, 0.1) is 6.92 Å². The molecular weight excluding hydrogens is 335 g/mol. The zero-order valence-corrected chi connectivity index (χ0v) is 13.6. The maximum absolute atomic E-state index is 12.3. The highest BCUT2D eigenvalue weighted by atomic mass is 35.5. The average molecular weight is 347 g/mol. The second kappa shape index (κ2) is 6.09. The molecule has 2 rings (SSSR count). The number of methoxy groups -OCH3 is 1. The summed E-state index contributed by atoms with van der Waals surface area (Å²) in [5.41, 5.74) is 0.786. The number of pyridine rings is 1. The van der Waals surface area contributed by atoms with Gasteiger partial charge >= 0.3 is 0 Å². The lowest BCUT2D eigenvalue weighted by atomic mass is 10.3. The van der Waals surface area contributed by atoms with E-state index >= 15 is 0 Å². The number of anilines is 1. The van der Waals surface area contributed by atoms with Crippen molar-refractivity contribution in [3.05, 3.63) is 46.2 Å². The van der Waals surface area contributed by atoms with Crippen LogP contribution in [0.25, 0.3) is 0 Å². The third-order valence-electron chi connectivity index (χ3n) is 2.75. The van der Waals surface area contributed by atoms with Gasteiger partial charge in [0.15, 0.2) is 5.15 Å². The highest BCUT2D eigenvalue weighted by Gasteiger charge is 2.18. The predicted molar refractivity (Wildman–Crippen MR) is 82.8 cm³/mol. The Morgan fingerprint density at radius 2 is 1.81 bits per heavy atom. The van der Waals surface area contributed by atoms with Gasteiger partial charge in [0.25, 0.3) is 10.0 Å². The van der Waals surface area contributed by atoms with Crippen LogP contribution in [0.3, 0.4) is 0 Å². The molecule has 0 aliphatic rings. The molecule has 1 aromatic heterocycles. The molecule has 0 amide bonds. The highest BCUT2D eigenvalue weighted by molar-refractivity contribution is 7.92. The third-order valence-corrected chi connectivity index (χ3v) is 4.58. The van der Waals surface area contributed by atoms with Gasteiger partial charge in [-0.25, -0.2) is 13.4 Å². The first-order valence-electron chi connectivity index (χ1n) is 5.83. The normalized spacial score (nSPS) is 11.2. The summed E-state index contributed by atoms with van der Waals surface area (Å²) >= 11 is 11.7. The van der Waals surface area contributed by atoms with E-state index < -0.39 is 10.0 Å². The second-order valence-electron chi connectivity index (χ2n) is 4.21. The molecule has 0 unspecified atom stereocenters. The Morgan fingerprint density at radius 3 is 2.33 bits per heavy atom. The van der Waals surface area contributed by atoms with Crippen molar-refractivity contribution in [3.8, 4) is 5.75 Å². The maximum atomic E-state index is 12.3. The second-order valence-corrected chi connectivity index (χ2v) is 6.64. The summed E-state index contributed by atoms with van der Waals surface area (Å²) in [5, 5.41) is 0.196. The molecule has 0 fully saturated rings. The molecule has 2 aromatic rings. The van der Waals surface area contributed by atoms with Crippen molar-refractivity contribution in [3.63, 3.8) is 0 Å². The smallest absolute Gasteiger partial charge is 0.262 e. The summed E-state index contributed by atoms with van der Waals surface area (Å²) in [6.45, 7) is 1.69. The van der Waals surface area contributed by atoms with E-state index in [-0.39, 0.29) is 20.9 Å². The number of sulfonamides is 1. The van der Waals surface area contributed by atoms with Gasteiger partial charge in [-0.2, -0.15) is 0 Å². The van der Waals surface area contributed by atoms with Crippen molar-refractivity contribution >= 4 is 38.9 Å². The van der Waals surface area contributed by atoms with E-state index in [4.69, 9.17) is 27.9 Å². The third kappa shape index (κ3) is 3.58. The lowest BCUT2D eigenvalue weighted by Crippen LogP contribution is -2.14. The van der Waals surface area contributed by atoms with Crippen molar-refractivity contribution in [2.75, 3.05) is 11.8 Å². The minimum Gasteiger partial charge on any atom is -0.497 e. The number of rotatable bonds is 4. The van der Waals surface area contributed by atoms with Gasteiger partial charge in [0.1, 0.15) is 10.9 Å². The van der Waals surface area contributed by atoms with Crippen LogP contribution in [0.1, 0.15) is 5.56 Å². The van der Waals surface area contributed by atoms with E-state index in [9.17, 15) is 8.42 Å². The molecule has 0 spiro atoms. The molecule has 0 aliphatic heterocycles. The molecule has 0 atom stereocenters. The van der Waals surface area contributed by atoms with Crippen LogP contribution < -0.4 is 9.46 Å². The average Bonchev–Trinajstić information content (AvgIpc) is 2.43. The summed E-state index contributed by atoms with van der Waals surface area (Å²) in [6, 6.07) is 7.52. The molecule has 0 radical (unpaired) electrons. The largest absolute Gasteiger partial charge is 0.497 e. The van der Waals surface area contributed by atoms with Gasteiger partial charge in [-0.15, -0.1) is 0 Å². The first-order chi connectivity index (χ1) is 9.83. The lowest BCUT2D eigenvalue weighted by molar-refractivity contribution is 0.414. The Balaban J connectivity index is 2.37. The Morgan fingerprint density at radius 1 is 1.19 bits per heavy atom. The van der Waals surface area contributed by atoms with Crippen molar-refractivity contribution < 1.29 is 13.2 Å². The summed E-state index contributed by atoms with van der Waals surface area (Å²) in [5.74, 6) is 0.566. The van der Waals surface area contributed by atoms with Crippen molar-refractivity contribution in [2.24, 2.45) is 0 Å². The summed E-state index contributed by atoms with van der Waals surface area (Å²) in [6.07, 6.45) is 0. The summed E-state index contributed by atoms with van der Waals surface area (Å²) in [7, 11) is -2.27. The fraction of sp³-hybridized carbons (Fsp3) is 0.154. The number of aromatic nitrogens is 1. The van der Waals surface area contributed by atoms with Gasteiger partial charge in [-0.3, -0.25) is 4.72 Å². The number of ether oxygens (including phenoxy) is 1. The zero-order chi connectivity index (χ0) is 15.6. The molecule has 0 bridgehead atoms. The molecule has 5 nitrogen and oxygen atoms in total. The number of hydrogen-bond acceptors (Lipinski definition) is 4. The Labute approximate surface area is 132 Å². The topological polar surface area (TPSA) is 68.3 Å². The van der Waals surface area contributed by atoms with Crippen LogP contribution >= 0.6 is 23.2 Å². The van der Waals surface area contributed by atoms with Gasteiger partial charge in [0, 0.05) is 0 Å². The van der Waals surface area contributed by atoms with Gasteiger partial charge in [0.05, 0.1) is 17.7 Å². The molecule has 1 N–H and O–H groups in total. The Kier molecular flexibility index (Phi) is 4.61. The van der Waals surface area contributed by atoms with Crippen LogP contribution in [-0.2, 0) is 10.0 Å². The fourth-order valence-corrected chi connectivity index (χ4v) is 3.44. The molecule has 21 heavy (non-hydrogen) atoms. The fourth-order valence-electron chi connectivity index (χ4n) is 1.67. The van der Waals surface area contributed by atoms with E-state index in [2.05, 4.69) is 9.71 Å². The quantitative estimate of drug-likeness (QED) is 0.860. The van der Waals surface area contributed by atoms with Crippen LogP contribution in [0.5, 0.6) is 5.75 Å². The van der Waals surface area contributed by atoms with Crippen molar-refractivity contribution in [1.82, 2.24) is 4.98 Å². The number of benzene rings is 1.